The number of fused-ring (bicyclic) bond motifs is 5. The zero-order valence-electron chi connectivity index (χ0n) is 20.7. The molecule has 0 aromatic heterocycles. The summed E-state index contributed by atoms with van der Waals surface area (Å²) in [4.78, 5) is 0. The predicted molar refractivity (Wildman–Crippen MR) is 128 cm³/mol. The number of hydrogen-bond acceptors (Lipinski definition) is 1. The van der Waals surface area contributed by atoms with E-state index in [1.54, 1.807) is 5.57 Å². The lowest BCUT2D eigenvalue weighted by atomic mass is 9.47. The van der Waals surface area contributed by atoms with E-state index < -0.39 is 0 Å². The van der Waals surface area contributed by atoms with E-state index in [0.29, 0.717) is 22.7 Å². The molecule has 0 aromatic carbocycles. The first kappa shape index (κ1) is 22.6. The summed E-state index contributed by atoms with van der Waals surface area (Å²) in [7, 11) is 0. The molecule has 0 aliphatic heterocycles. The highest BCUT2D eigenvalue weighted by atomic mass is 16.3. The van der Waals surface area contributed by atoms with Crippen LogP contribution in [0.4, 0.5) is 0 Å². The van der Waals surface area contributed by atoms with Gasteiger partial charge in [-0.05, 0) is 117 Å². The normalized spacial score (nSPS) is 44.9. The van der Waals surface area contributed by atoms with Gasteiger partial charge in [0, 0.05) is 0 Å². The molecule has 1 heteroatoms. The van der Waals surface area contributed by atoms with Crippen molar-refractivity contribution in [2.75, 3.05) is 0 Å². The summed E-state index contributed by atoms with van der Waals surface area (Å²) >= 11 is 0. The van der Waals surface area contributed by atoms with E-state index in [9.17, 15) is 5.11 Å². The van der Waals surface area contributed by atoms with E-state index in [0.717, 1.165) is 36.5 Å². The van der Waals surface area contributed by atoms with Crippen LogP contribution in [-0.2, 0) is 0 Å². The average Bonchev–Trinajstić information content (AvgIpc) is 3.06. The van der Waals surface area contributed by atoms with Gasteiger partial charge < -0.3 is 5.11 Å². The average molecular weight is 413 g/mol. The van der Waals surface area contributed by atoms with Gasteiger partial charge >= 0.3 is 0 Å². The smallest absolute Gasteiger partial charge is 0.0543 e. The van der Waals surface area contributed by atoms with Crippen LogP contribution in [0.1, 0.15) is 106 Å². The maximum Gasteiger partial charge on any atom is 0.0543 e. The number of aliphatic hydroxyl groups excluding tert-OH is 1. The molecular weight excluding hydrogens is 364 g/mol. The van der Waals surface area contributed by atoms with Crippen molar-refractivity contribution in [1.82, 2.24) is 0 Å². The first-order chi connectivity index (χ1) is 14.2. The van der Waals surface area contributed by atoms with Gasteiger partial charge in [-0.1, -0.05) is 57.9 Å². The maximum atomic E-state index is 10.3. The minimum Gasteiger partial charge on any atom is -0.393 e. The lowest BCUT2D eigenvalue weighted by molar-refractivity contribution is -0.0427. The Morgan fingerprint density at radius 1 is 1.07 bits per heavy atom. The zero-order valence-corrected chi connectivity index (χ0v) is 20.7. The Morgan fingerprint density at radius 3 is 2.47 bits per heavy atom. The molecule has 0 amide bonds. The maximum absolute atomic E-state index is 10.3. The van der Waals surface area contributed by atoms with Crippen LogP contribution >= 0.6 is 0 Å². The highest BCUT2D eigenvalue weighted by molar-refractivity contribution is 5.27. The quantitative estimate of drug-likeness (QED) is 0.454. The minimum atomic E-state index is -0.0449. The van der Waals surface area contributed by atoms with Crippen LogP contribution in [-0.4, -0.2) is 11.2 Å². The van der Waals surface area contributed by atoms with Gasteiger partial charge in [0.25, 0.3) is 0 Å². The van der Waals surface area contributed by atoms with Gasteiger partial charge in [-0.2, -0.15) is 0 Å². The Bertz CT molecular complexity index is 686. The Labute approximate surface area is 186 Å². The first-order valence-electron chi connectivity index (χ1n) is 13.2. The lowest BCUT2D eigenvalue weighted by Gasteiger charge is -2.57. The van der Waals surface area contributed by atoms with Gasteiger partial charge in [0.15, 0.2) is 0 Å². The van der Waals surface area contributed by atoms with Gasteiger partial charge in [-0.25, -0.2) is 0 Å². The largest absolute Gasteiger partial charge is 0.393 e. The molecule has 0 spiro atoms. The van der Waals surface area contributed by atoms with Crippen molar-refractivity contribution in [2.24, 2.45) is 46.3 Å². The molecule has 4 aliphatic rings. The molecule has 8 atom stereocenters. The highest BCUT2D eigenvalue weighted by Gasteiger charge is 2.58. The van der Waals surface area contributed by atoms with E-state index in [1.807, 2.05) is 5.57 Å². The second-order valence-corrected chi connectivity index (χ2v) is 12.4. The fourth-order valence-electron chi connectivity index (χ4n) is 8.83. The summed E-state index contributed by atoms with van der Waals surface area (Å²) in [5, 5.41) is 10.3. The lowest BCUT2D eigenvalue weighted by Crippen LogP contribution is -2.49. The van der Waals surface area contributed by atoms with E-state index in [-0.39, 0.29) is 6.10 Å². The minimum absolute atomic E-state index is 0.0449. The molecule has 3 fully saturated rings. The molecule has 1 unspecified atom stereocenters. The highest BCUT2D eigenvalue weighted by Crippen LogP contribution is 2.67. The van der Waals surface area contributed by atoms with Crippen molar-refractivity contribution in [1.29, 1.82) is 0 Å². The molecule has 1 N–H and O–H groups in total. The molecule has 0 aromatic rings. The van der Waals surface area contributed by atoms with E-state index in [2.05, 4.69) is 53.7 Å². The van der Waals surface area contributed by atoms with Crippen LogP contribution < -0.4 is 0 Å². The van der Waals surface area contributed by atoms with Gasteiger partial charge in [0.2, 0.25) is 0 Å². The topological polar surface area (TPSA) is 20.2 Å². The van der Waals surface area contributed by atoms with E-state index in [4.69, 9.17) is 0 Å². The molecule has 4 aliphatic carbocycles. The van der Waals surface area contributed by atoms with Crippen LogP contribution in [0.2, 0.25) is 0 Å². The van der Waals surface area contributed by atoms with Crippen LogP contribution in [0.5, 0.6) is 0 Å². The molecule has 0 bridgehead atoms. The molecule has 1 nitrogen and oxygen atoms in total. The van der Waals surface area contributed by atoms with Gasteiger partial charge in [-0.3, -0.25) is 0 Å². The Morgan fingerprint density at radius 2 is 1.77 bits per heavy atom. The molecule has 170 valence electrons. The molecule has 0 heterocycles. The second kappa shape index (κ2) is 8.42. The SMILES string of the molecule is C/C=C(/CC[C@@H](C)[C@H]1CC[C@H]2C3=CCC4C[C@@H](O)CC[C@]4(C)[C@H]3CC[C@]12C)C(C)C. The fourth-order valence-corrected chi connectivity index (χ4v) is 8.83. The summed E-state index contributed by atoms with van der Waals surface area (Å²) in [6.07, 6.45) is 17.9. The summed E-state index contributed by atoms with van der Waals surface area (Å²) < 4.78 is 0. The number of hydrogen-bond donors (Lipinski definition) is 1. The molecule has 4 rings (SSSR count). The van der Waals surface area contributed by atoms with Gasteiger partial charge in [0.05, 0.1) is 6.10 Å². The third-order valence-corrected chi connectivity index (χ3v) is 10.8. The Balaban J connectivity index is 1.50. The van der Waals surface area contributed by atoms with Crippen LogP contribution in [0.3, 0.4) is 0 Å². The molecular formula is C29H48O. The monoisotopic (exact) mass is 412 g/mol. The van der Waals surface area contributed by atoms with Crippen molar-refractivity contribution in [3.8, 4) is 0 Å². The van der Waals surface area contributed by atoms with Crippen LogP contribution in [0.15, 0.2) is 23.3 Å². The van der Waals surface area contributed by atoms with Gasteiger partial charge in [-0.15, -0.1) is 0 Å². The summed E-state index contributed by atoms with van der Waals surface area (Å²) in [6, 6.07) is 0. The summed E-state index contributed by atoms with van der Waals surface area (Å²) in [5.74, 6) is 4.77. The first-order valence-corrected chi connectivity index (χ1v) is 13.2. The van der Waals surface area contributed by atoms with Crippen molar-refractivity contribution in [3.63, 3.8) is 0 Å². The van der Waals surface area contributed by atoms with Crippen molar-refractivity contribution in [2.45, 2.75) is 112 Å². The van der Waals surface area contributed by atoms with E-state index in [1.165, 1.54) is 51.4 Å². The summed E-state index contributed by atoms with van der Waals surface area (Å²) in [6.45, 7) is 14.7. The number of rotatable bonds is 5. The Kier molecular flexibility index (Phi) is 6.35. The molecule has 30 heavy (non-hydrogen) atoms. The van der Waals surface area contributed by atoms with Crippen molar-refractivity contribution < 1.29 is 5.11 Å². The van der Waals surface area contributed by atoms with Crippen molar-refractivity contribution >= 4 is 0 Å². The third kappa shape index (κ3) is 3.66. The summed E-state index contributed by atoms with van der Waals surface area (Å²) in [5.41, 5.74) is 4.49. The zero-order chi connectivity index (χ0) is 21.7. The van der Waals surface area contributed by atoms with Crippen molar-refractivity contribution in [3.05, 3.63) is 23.3 Å². The van der Waals surface area contributed by atoms with Crippen LogP contribution in [0.25, 0.3) is 0 Å². The predicted octanol–water partition coefficient (Wildman–Crippen LogP) is 7.94. The second-order valence-electron chi connectivity index (χ2n) is 12.4. The molecule has 0 radical (unpaired) electrons. The standard InChI is InChI=1S/C29H48O/c1-7-21(19(2)3)9-8-20(4)25-12-13-26-24-11-10-22-18-23(30)14-16-28(22,5)27(24)15-17-29(25,26)6/h7,11,19-20,22-23,25-27,30H,8-10,12-18H2,1-6H3/b21-7-/t20-,22?,23+,25-,26+,27+,28+,29-/m1/s1. The fraction of sp³-hybridized carbons (Fsp3) is 0.862. The molecule has 0 saturated heterocycles. The van der Waals surface area contributed by atoms with Crippen LogP contribution in [0, 0.1) is 46.3 Å². The third-order valence-electron chi connectivity index (χ3n) is 10.8. The number of allylic oxidation sites excluding steroid dienone is 4. The van der Waals surface area contributed by atoms with E-state index >= 15 is 0 Å². The Hall–Kier alpha value is -0.560. The van der Waals surface area contributed by atoms with Gasteiger partial charge in [0.1, 0.15) is 0 Å². The molecule has 3 saturated carbocycles. The number of aliphatic hydroxyl groups is 1.